The van der Waals surface area contributed by atoms with Gasteiger partial charge in [0.15, 0.2) is 0 Å². The van der Waals surface area contributed by atoms with Gasteiger partial charge in [-0.1, -0.05) is 27.2 Å². The number of rotatable bonds is 6. The minimum Gasteiger partial charge on any atom is -0.481 e. The standard InChI is InChI=1S/C14H26N2O3/c1-10(12(17)18)8-16(4)13(19)15-9-14(2,3)11-6-5-7-11/h10-11H,5-9H2,1-4H3,(H,15,19)(H,17,18). The first-order chi connectivity index (χ1) is 8.74. The molecule has 19 heavy (non-hydrogen) atoms. The molecule has 0 aromatic heterocycles. The predicted octanol–water partition coefficient (Wildman–Crippen LogP) is 2.17. The molecule has 0 bridgehead atoms. The topological polar surface area (TPSA) is 69.6 Å². The maximum Gasteiger partial charge on any atom is 0.317 e. The van der Waals surface area contributed by atoms with E-state index in [1.165, 1.54) is 24.2 Å². The summed E-state index contributed by atoms with van der Waals surface area (Å²) in [5.74, 6) is -0.735. The van der Waals surface area contributed by atoms with Gasteiger partial charge >= 0.3 is 12.0 Å². The van der Waals surface area contributed by atoms with Gasteiger partial charge in [0, 0.05) is 20.1 Å². The van der Waals surface area contributed by atoms with Crippen molar-refractivity contribution in [2.45, 2.75) is 40.0 Å². The number of aliphatic carboxylic acids is 1. The monoisotopic (exact) mass is 270 g/mol. The summed E-state index contributed by atoms with van der Waals surface area (Å²) in [5, 5.41) is 11.7. The highest BCUT2D eigenvalue weighted by Gasteiger charge is 2.34. The number of urea groups is 1. The maximum absolute atomic E-state index is 11.9. The third-order valence-electron chi connectivity index (χ3n) is 4.22. The largest absolute Gasteiger partial charge is 0.481 e. The van der Waals surface area contributed by atoms with E-state index in [0.29, 0.717) is 12.5 Å². The lowest BCUT2D eigenvalue weighted by atomic mass is 9.67. The van der Waals surface area contributed by atoms with Crippen LogP contribution >= 0.6 is 0 Å². The van der Waals surface area contributed by atoms with Crippen LogP contribution in [0.25, 0.3) is 0 Å². The molecular formula is C14H26N2O3. The van der Waals surface area contributed by atoms with Crippen molar-refractivity contribution in [2.75, 3.05) is 20.1 Å². The van der Waals surface area contributed by atoms with E-state index in [0.717, 1.165) is 0 Å². The van der Waals surface area contributed by atoms with E-state index in [4.69, 9.17) is 5.11 Å². The molecule has 0 aromatic rings. The minimum atomic E-state index is -0.880. The zero-order valence-electron chi connectivity index (χ0n) is 12.4. The van der Waals surface area contributed by atoms with Crippen molar-refractivity contribution in [1.82, 2.24) is 10.2 Å². The average molecular weight is 270 g/mol. The van der Waals surface area contributed by atoms with Crippen LogP contribution in [0.3, 0.4) is 0 Å². The van der Waals surface area contributed by atoms with E-state index in [9.17, 15) is 9.59 Å². The predicted molar refractivity (Wildman–Crippen MR) is 74.0 cm³/mol. The summed E-state index contributed by atoms with van der Waals surface area (Å²) in [6.07, 6.45) is 3.78. The molecule has 0 heterocycles. The van der Waals surface area contributed by atoms with Gasteiger partial charge in [0.25, 0.3) is 0 Å². The van der Waals surface area contributed by atoms with Crippen LogP contribution in [0, 0.1) is 17.3 Å². The molecule has 110 valence electrons. The summed E-state index contributed by atoms with van der Waals surface area (Å²) in [7, 11) is 1.63. The van der Waals surface area contributed by atoms with Gasteiger partial charge in [0.2, 0.25) is 0 Å². The molecule has 2 N–H and O–H groups in total. The van der Waals surface area contributed by atoms with Crippen LogP contribution in [-0.4, -0.2) is 42.1 Å². The van der Waals surface area contributed by atoms with Gasteiger partial charge in [-0.3, -0.25) is 4.79 Å². The van der Waals surface area contributed by atoms with Crippen LogP contribution in [0.15, 0.2) is 0 Å². The molecule has 0 saturated heterocycles. The molecular weight excluding hydrogens is 244 g/mol. The first-order valence-electron chi connectivity index (χ1n) is 6.96. The number of hydrogen-bond acceptors (Lipinski definition) is 2. The van der Waals surface area contributed by atoms with Crippen molar-refractivity contribution < 1.29 is 14.7 Å². The number of hydrogen-bond donors (Lipinski definition) is 2. The van der Waals surface area contributed by atoms with Gasteiger partial charge < -0.3 is 15.3 Å². The van der Waals surface area contributed by atoms with Crippen LogP contribution in [0.4, 0.5) is 4.79 Å². The van der Waals surface area contributed by atoms with Crippen molar-refractivity contribution in [3.8, 4) is 0 Å². The van der Waals surface area contributed by atoms with Crippen LogP contribution in [0.2, 0.25) is 0 Å². The highest BCUT2D eigenvalue weighted by molar-refractivity contribution is 5.75. The van der Waals surface area contributed by atoms with E-state index < -0.39 is 11.9 Å². The number of nitrogens with zero attached hydrogens (tertiary/aromatic N) is 1. The Morgan fingerprint density at radius 3 is 2.42 bits per heavy atom. The molecule has 1 aliphatic carbocycles. The second-order valence-electron chi connectivity index (χ2n) is 6.39. The Morgan fingerprint density at radius 1 is 1.42 bits per heavy atom. The molecule has 1 atom stereocenters. The molecule has 2 amide bonds. The summed E-state index contributed by atoms with van der Waals surface area (Å²) >= 11 is 0. The number of amides is 2. The van der Waals surface area contributed by atoms with Crippen molar-refractivity contribution in [2.24, 2.45) is 17.3 Å². The molecule has 5 heteroatoms. The van der Waals surface area contributed by atoms with Crippen LogP contribution < -0.4 is 5.32 Å². The molecule has 1 rings (SSSR count). The molecule has 0 aromatic carbocycles. The van der Waals surface area contributed by atoms with Gasteiger partial charge in [-0.05, 0) is 24.2 Å². The SMILES string of the molecule is CC(CN(C)C(=O)NCC(C)(C)C1CCC1)C(=O)O. The zero-order valence-corrected chi connectivity index (χ0v) is 12.4. The summed E-state index contributed by atoms with van der Waals surface area (Å²) in [6, 6.07) is -0.194. The number of carbonyl (C=O) groups is 2. The van der Waals surface area contributed by atoms with Crippen LogP contribution in [0.1, 0.15) is 40.0 Å². The molecule has 1 fully saturated rings. The average Bonchev–Trinajstić information content (AvgIpc) is 2.22. The van der Waals surface area contributed by atoms with Gasteiger partial charge in [0.05, 0.1) is 5.92 Å². The first kappa shape index (κ1) is 15.8. The molecule has 0 aliphatic heterocycles. The van der Waals surface area contributed by atoms with Crippen LogP contribution in [-0.2, 0) is 4.79 Å². The quantitative estimate of drug-likeness (QED) is 0.777. The molecule has 0 radical (unpaired) electrons. The van der Waals surface area contributed by atoms with E-state index in [1.807, 2.05) is 0 Å². The Balaban J connectivity index is 2.35. The Kier molecular flexibility index (Phi) is 5.20. The second-order valence-corrected chi connectivity index (χ2v) is 6.39. The lowest BCUT2D eigenvalue weighted by molar-refractivity contribution is -0.141. The number of carboxylic acid groups (broad SMARTS) is 1. The fourth-order valence-electron chi connectivity index (χ4n) is 2.34. The van der Waals surface area contributed by atoms with Gasteiger partial charge in [-0.2, -0.15) is 0 Å². The Morgan fingerprint density at radius 2 is 2.00 bits per heavy atom. The highest BCUT2D eigenvalue weighted by atomic mass is 16.4. The highest BCUT2D eigenvalue weighted by Crippen LogP contribution is 2.41. The second kappa shape index (κ2) is 6.26. The smallest absolute Gasteiger partial charge is 0.317 e. The minimum absolute atomic E-state index is 0.118. The lowest BCUT2D eigenvalue weighted by Crippen LogP contribution is -2.46. The fraction of sp³-hybridized carbons (Fsp3) is 0.857. The molecule has 5 nitrogen and oxygen atoms in total. The van der Waals surface area contributed by atoms with Crippen molar-refractivity contribution in [3.05, 3.63) is 0 Å². The van der Waals surface area contributed by atoms with Crippen molar-refractivity contribution in [3.63, 3.8) is 0 Å². The van der Waals surface area contributed by atoms with E-state index in [1.54, 1.807) is 14.0 Å². The summed E-state index contributed by atoms with van der Waals surface area (Å²) in [4.78, 5) is 24.1. The molecule has 0 spiro atoms. The van der Waals surface area contributed by atoms with Gasteiger partial charge in [-0.15, -0.1) is 0 Å². The third-order valence-corrected chi connectivity index (χ3v) is 4.22. The molecule has 1 saturated carbocycles. The van der Waals surface area contributed by atoms with Gasteiger partial charge in [-0.25, -0.2) is 4.79 Å². The number of carboxylic acids is 1. The van der Waals surface area contributed by atoms with Crippen LogP contribution in [0.5, 0.6) is 0 Å². The zero-order chi connectivity index (χ0) is 14.6. The third kappa shape index (κ3) is 4.40. The fourth-order valence-corrected chi connectivity index (χ4v) is 2.34. The Labute approximate surface area is 115 Å². The van der Waals surface area contributed by atoms with E-state index in [-0.39, 0.29) is 18.0 Å². The van der Waals surface area contributed by atoms with E-state index in [2.05, 4.69) is 19.2 Å². The molecule has 1 unspecified atom stereocenters. The maximum atomic E-state index is 11.9. The van der Waals surface area contributed by atoms with E-state index >= 15 is 0 Å². The van der Waals surface area contributed by atoms with Crippen molar-refractivity contribution >= 4 is 12.0 Å². The number of nitrogens with one attached hydrogen (secondary N) is 1. The Bertz CT molecular complexity index is 338. The first-order valence-corrected chi connectivity index (χ1v) is 6.96. The Hall–Kier alpha value is -1.26. The number of carbonyl (C=O) groups excluding carboxylic acids is 1. The lowest BCUT2D eigenvalue weighted by Gasteiger charge is -2.40. The summed E-state index contributed by atoms with van der Waals surface area (Å²) < 4.78 is 0. The summed E-state index contributed by atoms with van der Waals surface area (Å²) in [5.41, 5.74) is 0.118. The normalized spacial score (nSPS) is 17.5. The summed E-state index contributed by atoms with van der Waals surface area (Å²) in [6.45, 7) is 6.83. The van der Waals surface area contributed by atoms with Crippen molar-refractivity contribution in [1.29, 1.82) is 0 Å². The van der Waals surface area contributed by atoms with Gasteiger partial charge in [0.1, 0.15) is 0 Å². The molecule has 1 aliphatic rings.